The number of carbonyl (C=O) groups excluding carboxylic acids is 1. The SMILES string of the molecule is CCCc1cc(=O)[nH]c(SCC(=O)N2CCN(c3cccc(OC)c3)CC2)n1. The standard InChI is InChI=1S/C20H26N4O3S/c1-3-5-15-12-18(25)22-20(21-15)28-14-19(26)24-10-8-23(9-11-24)16-6-4-7-17(13-16)27-2/h4,6-7,12-13H,3,5,8-11,14H2,1-2H3,(H,21,22,25). The zero-order valence-corrected chi connectivity index (χ0v) is 17.1. The van der Waals surface area contributed by atoms with Crippen molar-refractivity contribution in [2.75, 3.05) is 43.9 Å². The van der Waals surface area contributed by atoms with Crippen molar-refractivity contribution in [1.29, 1.82) is 0 Å². The molecular weight excluding hydrogens is 376 g/mol. The van der Waals surface area contributed by atoms with E-state index in [9.17, 15) is 9.59 Å². The molecule has 0 bridgehead atoms. The van der Waals surface area contributed by atoms with Crippen molar-refractivity contribution < 1.29 is 9.53 Å². The van der Waals surface area contributed by atoms with E-state index in [2.05, 4.69) is 20.9 Å². The quantitative estimate of drug-likeness (QED) is 0.565. The van der Waals surface area contributed by atoms with E-state index in [0.29, 0.717) is 18.2 Å². The Morgan fingerprint density at radius 3 is 2.75 bits per heavy atom. The Bertz CT molecular complexity index is 863. The van der Waals surface area contributed by atoms with Crippen molar-refractivity contribution in [1.82, 2.24) is 14.9 Å². The smallest absolute Gasteiger partial charge is 0.251 e. The molecule has 0 radical (unpaired) electrons. The molecule has 0 spiro atoms. The average molecular weight is 403 g/mol. The van der Waals surface area contributed by atoms with E-state index in [1.54, 1.807) is 7.11 Å². The van der Waals surface area contributed by atoms with Crippen molar-refractivity contribution in [3.05, 3.63) is 46.4 Å². The number of hydrogen-bond donors (Lipinski definition) is 1. The summed E-state index contributed by atoms with van der Waals surface area (Å²) < 4.78 is 5.29. The first-order valence-electron chi connectivity index (χ1n) is 9.49. The predicted octanol–water partition coefficient (Wildman–Crippen LogP) is 2.17. The summed E-state index contributed by atoms with van der Waals surface area (Å²) in [6.07, 6.45) is 1.69. The Morgan fingerprint density at radius 1 is 1.25 bits per heavy atom. The molecule has 3 rings (SSSR count). The van der Waals surface area contributed by atoms with Gasteiger partial charge in [0.25, 0.3) is 5.56 Å². The number of hydrogen-bond acceptors (Lipinski definition) is 6. The maximum absolute atomic E-state index is 12.6. The number of aryl methyl sites for hydroxylation is 1. The number of nitrogens with zero attached hydrogens (tertiary/aromatic N) is 3. The minimum atomic E-state index is -0.166. The third kappa shape index (κ3) is 5.28. The van der Waals surface area contributed by atoms with Crippen molar-refractivity contribution in [2.24, 2.45) is 0 Å². The first-order valence-corrected chi connectivity index (χ1v) is 10.5. The van der Waals surface area contributed by atoms with E-state index in [4.69, 9.17) is 4.74 Å². The molecule has 0 unspecified atom stereocenters. The molecule has 1 fully saturated rings. The largest absolute Gasteiger partial charge is 0.497 e. The molecule has 1 saturated heterocycles. The van der Waals surface area contributed by atoms with Crippen molar-refractivity contribution in [3.63, 3.8) is 0 Å². The summed E-state index contributed by atoms with van der Waals surface area (Å²) in [4.78, 5) is 35.6. The van der Waals surface area contributed by atoms with Gasteiger partial charge in [-0.3, -0.25) is 9.59 Å². The number of anilines is 1. The number of carbonyl (C=O) groups is 1. The van der Waals surface area contributed by atoms with E-state index in [1.807, 2.05) is 30.0 Å². The molecular formula is C20H26N4O3S. The van der Waals surface area contributed by atoms with E-state index >= 15 is 0 Å². The van der Waals surface area contributed by atoms with Gasteiger partial charge in [-0.2, -0.15) is 0 Å². The number of piperazine rings is 1. The lowest BCUT2D eigenvalue weighted by Crippen LogP contribution is -2.49. The van der Waals surface area contributed by atoms with Crippen molar-refractivity contribution in [2.45, 2.75) is 24.9 Å². The summed E-state index contributed by atoms with van der Waals surface area (Å²) in [7, 11) is 1.66. The van der Waals surface area contributed by atoms with Crippen LogP contribution in [0.2, 0.25) is 0 Å². The molecule has 1 aromatic carbocycles. The molecule has 2 aromatic rings. The van der Waals surface area contributed by atoms with Crippen LogP contribution in [0.25, 0.3) is 0 Å². The molecule has 1 aromatic heterocycles. The van der Waals surface area contributed by atoms with Crippen LogP contribution in [0.1, 0.15) is 19.0 Å². The van der Waals surface area contributed by atoms with Crippen LogP contribution in [0.4, 0.5) is 5.69 Å². The van der Waals surface area contributed by atoms with Gasteiger partial charge in [-0.1, -0.05) is 31.2 Å². The van der Waals surface area contributed by atoms with Gasteiger partial charge in [-0.15, -0.1) is 0 Å². The van der Waals surface area contributed by atoms with Crippen LogP contribution in [-0.4, -0.2) is 59.8 Å². The third-order valence-corrected chi connectivity index (χ3v) is 5.52. The number of methoxy groups -OCH3 is 1. The molecule has 0 atom stereocenters. The Hall–Kier alpha value is -2.48. The summed E-state index contributed by atoms with van der Waals surface area (Å²) in [6, 6.07) is 9.49. The lowest BCUT2D eigenvalue weighted by molar-refractivity contribution is -0.128. The van der Waals surface area contributed by atoms with Gasteiger partial charge in [0, 0.05) is 49.7 Å². The monoisotopic (exact) mass is 402 g/mol. The maximum atomic E-state index is 12.6. The third-order valence-electron chi connectivity index (χ3n) is 4.66. The normalized spacial score (nSPS) is 14.2. The van der Waals surface area contributed by atoms with Gasteiger partial charge in [0.15, 0.2) is 5.16 Å². The van der Waals surface area contributed by atoms with Gasteiger partial charge in [0.2, 0.25) is 5.91 Å². The molecule has 2 heterocycles. The number of H-pyrrole nitrogens is 1. The van der Waals surface area contributed by atoms with Crippen LogP contribution in [0.3, 0.4) is 0 Å². The second-order valence-corrected chi connectivity index (χ2v) is 7.61. The lowest BCUT2D eigenvalue weighted by atomic mass is 10.2. The van der Waals surface area contributed by atoms with Gasteiger partial charge < -0.3 is 19.5 Å². The second-order valence-electron chi connectivity index (χ2n) is 6.65. The van der Waals surface area contributed by atoms with E-state index in [1.165, 1.54) is 17.8 Å². The summed E-state index contributed by atoms with van der Waals surface area (Å²) in [5.41, 5.74) is 1.71. The number of nitrogens with one attached hydrogen (secondary N) is 1. The minimum absolute atomic E-state index is 0.0684. The highest BCUT2D eigenvalue weighted by molar-refractivity contribution is 7.99. The van der Waals surface area contributed by atoms with E-state index in [0.717, 1.165) is 43.1 Å². The van der Waals surface area contributed by atoms with Gasteiger partial charge in [0.1, 0.15) is 5.75 Å². The number of ether oxygens (including phenoxy) is 1. The van der Waals surface area contributed by atoms with Crippen LogP contribution in [0.5, 0.6) is 5.75 Å². The minimum Gasteiger partial charge on any atom is -0.497 e. The summed E-state index contributed by atoms with van der Waals surface area (Å²) >= 11 is 1.29. The Labute approximate surface area is 169 Å². The highest BCUT2D eigenvalue weighted by Crippen LogP contribution is 2.22. The molecule has 0 saturated carbocycles. The highest BCUT2D eigenvalue weighted by atomic mass is 32.2. The highest BCUT2D eigenvalue weighted by Gasteiger charge is 2.21. The van der Waals surface area contributed by atoms with E-state index in [-0.39, 0.29) is 17.2 Å². The molecule has 0 aliphatic carbocycles. The number of aromatic nitrogens is 2. The number of aromatic amines is 1. The number of thioether (sulfide) groups is 1. The Balaban J connectivity index is 1.52. The average Bonchev–Trinajstić information content (AvgIpc) is 2.72. The van der Waals surface area contributed by atoms with Crippen molar-refractivity contribution >= 4 is 23.4 Å². The lowest BCUT2D eigenvalue weighted by Gasteiger charge is -2.36. The Morgan fingerprint density at radius 2 is 2.04 bits per heavy atom. The number of benzene rings is 1. The topological polar surface area (TPSA) is 78.5 Å². The number of rotatable bonds is 7. The molecule has 8 heteroatoms. The fourth-order valence-corrected chi connectivity index (χ4v) is 3.98. The fourth-order valence-electron chi connectivity index (χ4n) is 3.18. The summed E-state index contributed by atoms with van der Waals surface area (Å²) in [5.74, 6) is 1.18. The van der Waals surface area contributed by atoms with Crippen LogP contribution in [-0.2, 0) is 11.2 Å². The molecule has 28 heavy (non-hydrogen) atoms. The fraction of sp³-hybridized carbons (Fsp3) is 0.450. The number of amides is 1. The van der Waals surface area contributed by atoms with Crippen molar-refractivity contribution in [3.8, 4) is 5.75 Å². The maximum Gasteiger partial charge on any atom is 0.251 e. The van der Waals surface area contributed by atoms with Gasteiger partial charge in [0.05, 0.1) is 12.9 Å². The van der Waals surface area contributed by atoms with Gasteiger partial charge in [-0.05, 0) is 18.6 Å². The summed E-state index contributed by atoms with van der Waals surface area (Å²) in [5, 5.41) is 0.513. The molecule has 1 N–H and O–H groups in total. The molecule has 1 aliphatic rings. The zero-order chi connectivity index (χ0) is 19.9. The van der Waals surface area contributed by atoms with Gasteiger partial charge in [-0.25, -0.2) is 4.98 Å². The zero-order valence-electron chi connectivity index (χ0n) is 16.3. The molecule has 1 amide bonds. The molecule has 7 nitrogen and oxygen atoms in total. The van der Waals surface area contributed by atoms with Crippen LogP contribution >= 0.6 is 11.8 Å². The van der Waals surface area contributed by atoms with Crippen LogP contribution < -0.4 is 15.2 Å². The predicted molar refractivity (Wildman–Crippen MR) is 111 cm³/mol. The molecule has 150 valence electrons. The summed E-state index contributed by atoms with van der Waals surface area (Å²) in [6.45, 7) is 4.96. The first-order chi connectivity index (χ1) is 13.6. The van der Waals surface area contributed by atoms with Crippen LogP contribution in [0, 0.1) is 0 Å². The second kappa shape index (κ2) is 9.64. The molecule has 1 aliphatic heterocycles. The Kier molecular flexibility index (Phi) is 6.97. The van der Waals surface area contributed by atoms with Gasteiger partial charge >= 0.3 is 0 Å². The van der Waals surface area contributed by atoms with E-state index < -0.39 is 0 Å². The van der Waals surface area contributed by atoms with Crippen LogP contribution in [0.15, 0.2) is 40.3 Å². The first kappa shape index (κ1) is 20.3.